The molecule has 3 nitrogen and oxygen atoms in total. The van der Waals surface area contributed by atoms with Crippen LogP contribution in [-0.4, -0.2) is 37.6 Å². The van der Waals surface area contributed by atoms with E-state index in [0.717, 1.165) is 49.5 Å². The second-order valence-corrected chi connectivity index (χ2v) is 6.39. The molecule has 0 N–H and O–H groups in total. The Labute approximate surface area is 124 Å². The molecule has 1 aliphatic heterocycles. The maximum absolute atomic E-state index is 12.8. The summed E-state index contributed by atoms with van der Waals surface area (Å²) in [6, 6.07) is 7.75. The van der Waals surface area contributed by atoms with Gasteiger partial charge in [-0.15, -0.1) is 0 Å². The first kappa shape index (κ1) is 13.9. The number of carbonyl (C=O) groups excluding carboxylic acids is 1. The van der Waals surface area contributed by atoms with Gasteiger partial charge in [-0.1, -0.05) is 23.7 Å². The third-order valence-electron chi connectivity index (χ3n) is 4.53. The summed E-state index contributed by atoms with van der Waals surface area (Å²) < 4.78 is 5.20. The molecular formula is C16H20ClNO2. The van der Waals surface area contributed by atoms with Gasteiger partial charge in [0.25, 0.3) is 0 Å². The van der Waals surface area contributed by atoms with E-state index in [-0.39, 0.29) is 5.41 Å². The zero-order valence-electron chi connectivity index (χ0n) is 11.8. The summed E-state index contributed by atoms with van der Waals surface area (Å²) in [7, 11) is 1.72. The van der Waals surface area contributed by atoms with E-state index in [4.69, 9.17) is 16.3 Å². The van der Waals surface area contributed by atoms with Crippen molar-refractivity contribution in [2.24, 2.45) is 5.92 Å². The molecule has 1 amide bonds. The van der Waals surface area contributed by atoms with Crippen molar-refractivity contribution in [3.05, 3.63) is 34.9 Å². The van der Waals surface area contributed by atoms with Crippen LogP contribution in [0.15, 0.2) is 24.3 Å². The predicted octanol–water partition coefficient (Wildman–Crippen LogP) is 2.87. The largest absolute Gasteiger partial charge is 0.384 e. The van der Waals surface area contributed by atoms with Gasteiger partial charge in [0.1, 0.15) is 0 Å². The third-order valence-corrected chi connectivity index (χ3v) is 4.78. The first-order chi connectivity index (χ1) is 9.65. The van der Waals surface area contributed by atoms with E-state index in [2.05, 4.69) is 0 Å². The summed E-state index contributed by atoms with van der Waals surface area (Å²) in [6.07, 6.45) is 2.97. The molecule has 3 rings (SSSR count). The number of hydrogen-bond acceptors (Lipinski definition) is 2. The Balaban J connectivity index is 1.72. The van der Waals surface area contributed by atoms with Crippen LogP contribution < -0.4 is 0 Å². The van der Waals surface area contributed by atoms with Crippen LogP contribution in [0.1, 0.15) is 24.8 Å². The Kier molecular flexibility index (Phi) is 3.74. The summed E-state index contributed by atoms with van der Waals surface area (Å²) in [5.74, 6) is 0.781. The lowest BCUT2D eigenvalue weighted by Gasteiger charge is -2.23. The molecule has 1 saturated carbocycles. The van der Waals surface area contributed by atoms with Crippen LogP contribution in [0.4, 0.5) is 0 Å². The van der Waals surface area contributed by atoms with E-state index in [9.17, 15) is 4.79 Å². The topological polar surface area (TPSA) is 29.5 Å². The van der Waals surface area contributed by atoms with E-state index < -0.39 is 0 Å². The number of nitrogens with zero attached hydrogens (tertiary/aromatic N) is 1. The Hall–Kier alpha value is -1.06. The molecule has 0 spiro atoms. The van der Waals surface area contributed by atoms with Crippen LogP contribution in [0.3, 0.4) is 0 Å². The number of ether oxygens (including phenoxy) is 1. The van der Waals surface area contributed by atoms with Gasteiger partial charge in [-0.25, -0.2) is 0 Å². The molecule has 108 valence electrons. The van der Waals surface area contributed by atoms with E-state index >= 15 is 0 Å². The summed E-state index contributed by atoms with van der Waals surface area (Å²) in [5, 5.41) is 0.721. The quantitative estimate of drug-likeness (QED) is 0.854. The summed E-state index contributed by atoms with van der Waals surface area (Å²) in [5.41, 5.74) is 0.842. The van der Waals surface area contributed by atoms with Crippen LogP contribution in [0.5, 0.6) is 0 Å². The Morgan fingerprint density at radius 1 is 1.40 bits per heavy atom. The van der Waals surface area contributed by atoms with Crippen molar-refractivity contribution < 1.29 is 9.53 Å². The Bertz CT molecular complexity index is 496. The standard InChI is InChI=1S/C16H20ClNO2/c1-20-11-12-6-9-18(10-12)15(19)16(7-8-16)13-2-4-14(17)5-3-13/h2-5,12H,6-11H2,1H3. The minimum absolute atomic E-state index is 0.271. The number of hydrogen-bond donors (Lipinski definition) is 0. The number of carbonyl (C=O) groups is 1. The molecule has 1 saturated heterocycles. The molecule has 1 aliphatic carbocycles. The van der Waals surface area contributed by atoms with Crippen molar-refractivity contribution in [1.29, 1.82) is 0 Å². The molecule has 2 fully saturated rings. The van der Waals surface area contributed by atoms with Gasteiger partial charge in [0.15, 0.2) is 0 Å². The lowest BCUT2D eigenvalue weighted by Crippen LogP contribution is -2.38. The lowest BCUT2D eigenvalue weighted by molar-refractivity contribution is -0.133. The zero-order chi connectivity index (χ0) is 14.2. The smallest absolute Gasteiger partial charge is 0.233 e. The Morgan fingerprint density at radius 2 is 2.10 bits per heavy atom. The molecule has 0 bridgehead atoms. The summed E-state index contributed by atoms with van der Waals surface area (Å²) in [4.78, 5) is 14.8. The van der Waals surface area contributed by atoms with Gasteiger partial charge in [-0.05, 0) is 37.0 Å². The fraction of sp³-hybridized carbons (Fsp3) is 0.562. The fourth-order valence-corrected chi connectivity index (χ4v) is 3.34. The summed E-state index contributed by atoms with van der Waals surface area (Å²) in [6.45, 7) is 2.45. The van der Waals surface area contributed by atoms with Gasteiger partial charge < -0.3 is 9.64 Å². The molecule has 20 heavy (non-hydrogen) atoms. The lowest BCUT2D eigenvalue weighted by atomic mass is 9.94. The van der Waals surface area contributed by atoms with Gasteiger partial charge in [-0.3, -0.25) is 4.79 Å². The van der Waals surface area contributed by atoms with Crippen LogP contribution in [0.2, 0.25) is 5.02 Å². The van der Waals surface area contributed by atoms with E-state index in [0.29, 0.717) is 11.8 Å². The predicted molar refractivity (Wildman–Crippen MR) is 78.9 cm³/mol. The molecule has 1 aromatic rings. The third kappa shape index (κ3) is 2.45. The molecule has 0 radical (unpaired) electrons. The minimum atomic E-state index is -0.271. The molecular weight excluding hydrogens is 274 g/mol. The molecule has 0 aromatic heterocycles. The number of rotatable bonds is 4. The normalized spacial score (nSPS) is 23.9. The van der Waals surface area contributed by atoms with Gasteiger partial charge >= 0.3 is 0 Å². The van der Waals surface area contributed by atoms with Gasteiger partial charge in [-0.2, -0.15) is 0 Å². The average molecular weight is 294 g/mol. The molecule has 1 unspecified atom stereocenters. The highest BCUT2D eigenvalue weighted by Crippen LogP contribution is 2.50. The number of methoxy groups -OCH3 is 1. The Morgan fingerprint density at radius 3 is 2.70 bits per heavy atom. The van der Waals surface area contributed by atoms with Crippen LogP contribution in [-0.2, 0) is 14.9 Å². The maximum atomic E-state index is 12.8. The van der Waals surface area contributed by atoms with Crippen molar-refractivity contribution in [2.75, 3.05) is 26.8 Å². The average Bonchev–Trinajstić information content (AvgIpc) is 3.13. The van der Waals surface area contributed by atoms with Crippen molar-refractivity contribution in [1.82, 2.24) is 4.90 Å². The highest BCUT2D eigenvalue weighted by molar-refractivity contribution is 6.30. The second kappa shape index (κ2) is 5.38. The van der Waals surface area contributed by atoms with Crippen LogP contribution in [0, 0.1) is 5.92 Å². The van der Waals surface area contributed by atoms with Crippen molar-refractivity contribution in [3.63, 3.8) is 0 Å². The number of amides is 1. The zero-order valence-corrected chi connectivity index (χ0v) is 12.5. The van der Waals surface area contributed by atoms with Gasteiger partial charge in [0, 0.05) is 31.1 Å². The van der Waals surface area contributed by atoms with Crippen molar-refractivity contribution in [2.45, 2.75) is 24.7 Å². The molecule has 1 aromatic carbocycles. The SMILES string of the molecule is COCC1CCN(C(=O)C2(c3ccc(Cl)cc3)CC2)C1. The number of halogens is 1. The highest BCUT2D eigenvalue weighted by atomic mass is 35.5. The number of likely N-dealkylation sites (tertiary alicyclic amines) is 1. The highest BCUT2D eigenvalue weighted by Gasteiger charge is 2.53. The van der Waals surface area contributed by atoms with E-state index in [1.54, 1.807) is 7.11 Å². The molecule has 4 heteroatoms. The van der Waals surface area contributed by atoms with Crippen molar-refractivity contribution >= 4 is 17.5 Å². The first-order valence-corrected chi connectivity index (χ1v) is 7.58. The van der Waals surface area contributed by atoms with Crippen LogP contribution >= 0.6 is 11.6 Å². The molecule has 1 heterocycles. The first-order valence-electron chi connectivity index (χ1n) is 7.20. The summed E-state index contributed by atoms with van der Waals surface area (Å²) >= 11 is 5.93. The van der Waals surface area contributed by atoms with Crippen LogP contribution in [0.25, 0.3) is 0 Å². The minimum Gasteiger partial charge on any atom is -0.384 e. The molecule has 1 atom stereocenters. The fourth-order valence-electron chi connectivity index (χ4n) is 3.21. The van der Waals surface area contributed by atoms with Crippen molar-refractivity contribution in [3.8, 4) is 0 Å². The number of benzene rings is 1. The van der Waals surface area contributed by atoms with Gasteiger partial charge in [0.05, 0.1) is 12.0 Å². The van der Waals surface area contributed by atoms with Gasteiger partial charge in [0.2, 0.25) is 5.91 Å². The second-order valence-electron chi connectivity index (χ2n) is 5.95. The molecule has 2 aliphatic rings. The maximum Gasteiger partial charge on any atom is 0.233 e. The van der Waals surface area contributed by atoms with E-state index in [1.807, 2.05) is 29.2 Å². The van der Waals surface area contributed by atoms with E-state index in [1.165, 1.54) is 0 Å². The monoisotopic (exact) mass is 293 g/mol.